The zero-order chi connectivity index (χ0) is 22.6. The van der Waals surface area contributed by atoms with Crippen LogP contribution in [0.5, 0.6) is 0 Å². The quantitative estimate of drug-likeness (QED) is 0.584. The van der Waals surface area contributed by atoms with Gasteiger partial charge in [0.25, 0.3) is 0 Å². The summed E-state index contributed by atoms with van der Waals surface area (Å²) >= 11 is 0. The van der Waals surface area contributed by atoms with Crippen molar-refractivity contribution in [3.63, 3.8) is 0 Å². The first-order valence-corrected chi connectivity index (χ1v) is 12.4. The molecule has 176 valence electrons. The van der Waals surface area contributed by atoms with Crippen LogP contribution in [0.3, 0.4) is 0 Å². The third-order valence-corrected chi connectivity index (χ3v) is 11.1. The molecule has 9 atom stereocenters. The molecular formula is C25H41NO5. The normalized spacial score (nSPS) is 56.2. The summed E-state index contributed by atoms with van der Waals surface area (Å²) in [6, 6.07) is 0. The van der Waals surface area contributed by atoms with Crippen LogP contribution in [-0.2, 0) is 9.53 Å². The molecule has 0 amide bonds. The Labute approximate surface area is 186 Å². The molecule has 6 heteroatoms. The van der Waals surface area contributed by atoms with Gasteiger partial charge in [0.1, 0.15) is 11.3 Å². The zero-order valence-corrected chi connectivity index (χ0v) is 19.9. The molecule has 0 aromatic heterocycles. The van der Waals surface area contributed by atoms with E-state index in [0.29, 0.717) is 31.3 Å². The Balaban J connectivity index is 1.44. The molecule has 1 spiro atoms. The zero-order valence-electron chi connectivity index (χ0n) is 19.9. The van der Waals surface area contributed by atoms with Gasteiger partial charge in [-0.3, -0.25) is 4.79 Å². The molecule has 5 aliphatic rings. The highest BCUT2D eigenvalue weighted by Crippen LogP contribution is 2.69. The maximum Gasteiger partial charge on any atom is 0.161 e. The number of carbonyl (C=O) groups is 1. The number of carbonyl (C=O) groups excluding carboxylic acids is 1. The molecule has 0 radical (unpaired) electrons. The van der Waals surface area contributed by atoms with Gasteiger partial charge in [0, 0.05) is 5.41 Å². The lowest BCUT2D eigenvalue weighted by atomic mass is 9.43. The molecule has 4 aliphatic carbocycles. The lowest BCUT2D eigenvalue weighted by Crippen LogP contribution is -2.64. The van der Waals surface area contributed by atoms with Crippen molar-refractivity contribution in [1.82, 2.24) is 5.06 Å². The van der Waals surface area contributed by atoms with Crippen LogP contribution in [0.25, 0.3) is 0 Å². The summed E-state index contributed by atoms with van der Waals surface area (Å²) in [7, 11) is 0. The number of Topliss-reactive ketones (excluding diaryl/α,β-unsaturated/α-hetero) is 1. The van der Waals surface area contributed by atoms with Crippen molar-refractivity contribution in [3.8, 4) is 0 Å². The SMILES string of the molecule is CC(=O)[C@@]1(O)CC[C@H]2[C@@H]3C[C@H](O)[C@H]4C[C@@]5(CC[C@]4(C)[C@H]3CC[C@@]21C)OCC(C)(C)N5O. The highest BCUT2D eigenvalue weighted by molar-refractivity contribution is 5.86. The molecule has 5 rings (SSSR count). The molecule has 6 nitrogen and oxygen atoms in total. The lowest BCUT2D eigenvalue weighted by Gasteiger charge is -2.64. The summed E-state index contributed by atoms with van der Waals surface area (Å²) in [4.78, 5) is 12.4. The van der Waals surface area contributed by atoms with Crippen molar-refractivity contribution in [2.45, 2.75) is 109 Å². The summed E-state index contributed by atoms with van der Waals surface area (Å²) in [5.41, 5.74) is -2.72. The van der Waals surface area contributed by atoms with Crippen LogP contribution in [0, 0.1) is 34.5 Å². The van der Waals surface area contributed by atoms with E-state index >= 15 is 0 Å². The Hall–Kier alpha value is -0.530. The monoisotopic (exact) mass is 435 g/mol. The predicted molar refractivity (Wildman–Crippen MR) is 115 cm³/mol. The van der Waals surface area contributed by atoms with E-state index in [0.717, 1.165) is 38.5 Å². The summed E-state index contributed by atoms with van der Waals surface area (Å²) in [6.45, 7) is 10.5. The van der Waals surface area contributed by atoms with E-state index in [1.807, 2.05) is 13.8 Å². The van der Waals surface area contributed by atoms with Gasteiger partial charge in [-0.05, 0) is 101 Å². The fourth-order valence-electron chi connectivity index (χ4n) is 9.15. The first-order chi connectivity index (χ1) is 14.3. The van der Waals surface area contributed by atoms with Gasteiger partial charge in [-0.15, -0.1) is 0 Å². The van der Waals surface area contributed by atoms with E-state index in [-0.39, 0.29) is 28.4 Å². The minimum Gasteiger partial charge on any atom is -0.393 e. The first kappa shape index (κ1) is 22.3. The molecule has 0 unspecified atom stereocenters. The Morgan fingerprint density at radius 1 is 1.00 bits per heavy atom. The van der Waals surface area contributed by atoms with Crippen LogP contribution in [-0.4, -0.2) is 55.8 Å². The third-order valence-electron chi connectivity index (χ3n) is 11.1. The van der Waals surface area contributed by atoms with Crippen molar-refractivity contribution < 1.29 is 25.0 Å². The molecule has 1 saturated heterocycles. The number of fused-ring (bicyclic) bond motifs is 5. The molecule has 1 aliphatic heterocycles. The number of hydroxylamine groups is 2. The fraction of sp³-hybridized carbons (Fsp3) is 0.960. The van der Waals surface area contributed by atoms with E-state index < -0.39 is 23.0 Å². The van der Waals surface area contributed by atoms with Gasteiger partial charge in [-0.25, -0.2) is 0 Å². The van der Waals surface area contributed by atoms with Gasteiger partial charge in [0.2, 0.25) is 0 Å². The number of aliphatic hydroxyl groups excluding tert-OH is 1. The van der Waals surface area contributed by atoms with E-state index in [9.17, 15) is 20.2 Å². The van der Waals surface area contributed by atoms with E-state index in [4.69, 9.17) is 4.74 Å². The van der Waals surface area contributed by atoms with Crippen molar-refractivity contribution in [1.29, 1.82) is 0 Å². The Morgan fingerprint density at radius 2 is 1.68 bits per heavy atom. The third kappa shape index (κ3) is 2.66. The largest absolute Gasteiger partial charge is 0.393 e. The van der Waals surface area contributed by atoms with Gasteiger partial charge in [0.15, 0.2) is 5.78 Å². The molecule has 3 N–H and O–H groups in total. The number of hydrogen-bond donors (Lipinski definition) is 3. The number of rotatable bonds is 1. The summed E-state index contributed by atoms with van der Waals surface area (Å²) in [6.07, 6.45) is 5.91. The van der Waals surface area contributed by atoms with Gasteiger partial charge in [-0.2, -0.15) is 5.06 Å². The fourth-order valence-corrected chi connectivity index (χ4v) is 9.15. The number of ketones is 1. The van der Waals surface area contributed by atoms with Gasteiger partial charge >= 0.3 is 0 Å². The van der Waals surface area contributed by atoms with Crippen LogP contribution >= 0.6 is 0 Å². The van der Waals surface area contributed by atoms with Crippen LogP contribution < -0.4 is 0 Å². The van der Waals surface area contributed by atoms with Crippen LogP contribution in [0.1, 0.15) is 86.0 Å². The Kier molecular flexibility index (Phi) is 4.69. The molecule has 1 heterocycles. The van der Waals surface area contributed by atoms with E-state index in [1.165, 1.54) is 12.0 Å². The Morgan fingerprint density at radius 3 is 2.29 bits per heavy atom. The van der Waals surface area contributed by atoms with Gasteiger partial charge in [-0.1, -0.05) is 13.8 Å². The second-order valence-corrected chi connectivity index (χ2v) is 12.8. The van der Waals surface area contributed by atoms with Crippen molar-refractivity contribution in [3.05, 3.63) is 0 Å². The van der Waals surface area contributed by atoms with Crippen LogP contribution in [0.4, 0.5) is 0 Å². The summed E-state index contributed by atoms with van der Waals surface area (Å²) < 4.78 is 6.22. The number of nitrogens with zero attached hydrogens (tertiary/aromatic N) is 1. The average Bonchev–Trinajstić information content (AvgIpc) is 3.10. The number of hydrogen-bond acceptors (Lipinski definition) is 6. The predicted octanol–water partition coefficient (Wildman–Crippen LogP) is 3.52. The van der Waals surface area contributed by atoms with Crippen molar-refractivity contribution in [2.24, 2.45) is 34.5 Å². The van der Waals surface area contributed by atoms with Crippen molar-refractivity contribution >= 4 is 5.78 Å². The Bertz CT molecular complexity index is 786. The number of ether oxygens (including phenoxy) is 1. The van der Waals surface area contributed by atoms with E-state index in [2.05, 4.69) is 13.8 Å². The maximum absolute atomic E-state index is 12.4. The molecule has 31 heavy (non-hydrogen) atoms. The summed E-state index contributed by atoms with van der Waals surface area (Å²) in [5, 5.41) is 35.1. The molecule has 4 saturated carbocycles. The minimum atomic E-state index is -1.22. The summed E-state index contributed by atoms with van der Waals surface area (Å²) in [5.74, 6) is 1.08. The lowest BCUT2D eigenvalue weighted by molar-refractivity contribution is -0.292. The second-order valence-electron chi connectivity index (χ2n) is 12.8. The van der Waals surface area contributed by atoms with Crippen LogP contribution in [0.2, 0.25) is 0 Å². The van der Waals surface area contributed by atoms with Gasteiger partial charge in [0.05, 0.1) is 18.2 Å². The molecule has 0 aromatic carbocycles. The minimum absolute atomic E-state index is 0.0111. The van der Waals surface area contributed by atoms with E-state index in [1.54, 1.807) is 0 Å². The number of aliphatic hydroxyl groups is 2. The highest BCUT2D eigenvalue weighted by atomic mass is 16.6. The van der Waals surface area contributed by atoms with Gasteiger partial charge < -0.3 is 20.2 Å². The smallest absolute Gasteiger partial charge is 0.161 e. The first-order valence-electron chi connectivity index (χ1n) is 12.4. The second kappa shape index (κ2) is 6.53. The maximum atomic E-state index is 12.4. The molecular weight excluding hydrogens is 394 g/mol. The topological polar surface area (TPSA) is 90.2 Å². The highest BCUT2D eigenvalue weighted by Gasteiger charge is 2.69. The molecule has 5 fully saturated rings. The molecule has 0 aromatic rings. The standard InChI is InChI=1S/C25H41NO5/c1-15(27)25(29)9-7-18-16-12-20(28)19-13-24(26(30)21(2,3)14-31-24)11-10-22(19,4)17(16)6-8-23(18,25)5/h16-20,28-30H,6-14H2,1-5H3/t16-,17+,18+,19-,20+,22-,23+,24-,25+/m1/s1. The van der Waals surface area contributed by atoms with Crippen molar-refractivity contribution in [2.75, 3.05) is 6.61 Å². The average molecular weight is 436 g/mol. The molecule has 0 bridgehead atoms. The van der Waals surface area contributed by atoms with Crippen LogP contribution in [0.15, 0.2) is 0 Å².